The summed E-state index contributed by atoms with van der Waals surface area (Å²) in [5, 5.41) is 10.3. The Balaban J connectivity index is 1.47. The summed E-state index contributed by atoms with van der Waals surface area (Å²) in [7, 11) is 0. The third kappa shape index (κ3) is 3.42. The van der Waals surface area contributed by atoms with Crippen LogP contribution in [0, 0.1) is 0 Å². The van der Waals surface area contributed by atoms with Crippen LogP contribution in [0.3, 0.4) is 0 Å². The number of aromatic nitrogens is 2. The average molecular weight is 381 g/mol. The first-order chi connectivity index (χ1) is 14.2. The Morgan fingerprint density at radius 2 is 1.72 bits per heavy atom. The van der Waals surface area contributed by atoms with Crippen molar-refractivity contribution in [1.82, 2.24) is 15.1 Å². The zero-order valence-corrected chi connectivity index (χ0v) is 16.4. The molecule has 0 spiro atoms. The van der Waals surface area contributed by atoms with Crippen molar-refractivity contribution in [3.63, 3.8) is 0 Å². The van der Waals surface area contributed by atoms with Crippen LogP contribution in [0.5, 0.6) is 0 Å². The van der Waals surface area contributed by atoms with Crippen LogP contribution in [0.1, 0.15) is 53.5 Å². The molecule has 29 heavy (non-hydrogen) atoms. The third-order valence-corrected chi connectivity index (χ3v) is 5.59. The normalized spacial score (nSPS) is 14.7. The van der Waals surface area contributed by atoms with Gasteiger partial charge in [0.25, 0.3) is 5.91 Å². The Morgan fingerprint density at radius 1 is 1.00 bits per heavy atom. The smallest absolute Gasteiger partial charge is 0.270 e. The van der Waals surface area contributed by atoms with E-state index in [1.165, 1.54) is 5.39 Å². The van der Waals surface area contributed by atoms with E-state index >= 15 is 0 Å². The summed E-state index contributed by atoms with van der Waals surface area (Å²) in [6.07, 6.45) is 2.30. The van der Waals surface area contributed by atoms with E-state index < -0.39 is 0 Å². The highest BCUT2D eigenvalue weighted by Crippen LogP contribution is 2.39. The lowest BCUT2D eigenvalue weighted by atomic mass is 9.99. The molecule has 4 nitrogen and oxygen atoms in total. The van der Waals surface area contributed by atoms with Crippen LogP contribution in [-0.4, -0.2) is 15.7 Å². The maximum absolute atomic E-state index is 13.2. The predicted molar refractivity (Wildman–Crippen MR) is 115 cm³/mol. The molecule has 1 aromatic heterocycles. The Hall–Kier alpha value is -3.40. The molecule has 3 aromatic carbocycles. The second-order valence-corrected chi connectivity index (χ2v) is 7.74. The van der Waals surface area contributed by atoms with Gasteiger partial charge in [0.05, 0.1) is 17.4 Å². The molecule has 1 aliphatic carbocycles. The molecule has 4 heteroatoms. The van der Waals surface area contributed by atoms with Gasteiger partial charge in [-0.05, 0) is 54.3 Å². The van der Waals surface area contributed by atoms with Gasteiger partial charge >= 0.3 is 0 Å². The van der Waals surface area contributed by atoms with Crippen molar-refractivity contribution in [2.24, 2.45) is 0 Å². The highest BCUT2D eigenvalue weighted by Gasteiger charge is 2.29. The van der Waals surface area contributed by atoms with E-state index in [4.69, 9.17) is 5.10 Å². The van der Waals surface area contributed by atoms with Gasteiger partial charge in [-0.3, -0.25) is 4.79 Å². The average Bonchev–Trinajstić information content (AvgIpc) is 3.52. The molecule has 1 saturated carbocycles. The number of nitrogens with zero attached hydrogens (tertiary/aromatic N) is 2. The van der Waals surface area contributed by atoms with Crippen LogP contribution < -0.4 is 5.32 Å². The number of para-hydroxylation sites is 1. The number of nitrogens with one attached hydrogen (secondary N) is 1. The predicted octanol–water partition coefficient (Wildman–Crippen LogP) is 5.39. The van der Waals surface area contributed by atoms with E-state index in [9.17, 15) is 4.79 Å². The number of benzene rings is 3. The Morgan fingerprint density at radius 3 is 2.52 bits per heavy atom. The van der Waals surface area contributed by atoms with Crippen LogP contribution in [0.15, 0.2) is 78.9 Å². The number of carbonyl (C=O) groups is 1. The summed E-state index contributed by atoms with van der Waals surface area (Å²) < 4.78 is 1.78. The molecule has 0 aliphatic heterocycles. The van der Waals surface area contributed by atoms with Crippen molar-refractivity contribution < 1.29 is 4.79 Å². The van der Waals surface area contributed by atoms with Crippen LogP contribution in [-0.2, 0) is 0 Å². The van der Waals surface area contributed by atoms with E-state index in [0.717, 1.165) is 35.2 Å². The number of fused-ring (bicyclic) bond motifs is 1. The second kappa shape index (κ2) is 7.21. The fourth-order valence-electron chi connectivity index (χ4n) is 3.88. The second-order valence-electron chi connectivity index (χ2n) is 7.74. The first kappa shape index (κ1) is 17.7. The molecule has 1 aliphatic rings. The van der Waals surface area contributed by atoms with Crippen LogP contribution in [0.25, 0.3) is 16.5 Å². The molecule has 1 N–H and O–H groups in total. The lowest BCUT2D eigenvalue weighted by Crippen LogP contribution is -2.28. The van der Waals surface area contributed by atoms with Crippen molar-refractivity contribution in [3.05, 3.63) is 95.8 Å². The van der Waals surface area contributed by atoms with Gasteiger partial charge in [0.15, 0.2) is 0 Å². The number of rotatable bonds is 5. The third-order valence-electron chi connectivity index (χ3n) is 5.59. The largest absolute Gasteiger partial charge is 0.344 e. The van der Waals surface area contributed by atoms with Crippen LogP contribution >= 0.6 is 0 Å². The van der Waals surface area contributed by atoms with Gasteiger partial charge in [0.2, 0.25) is 0 Å². The Bertz CT molecular complexity index is 1170. The molecule has 1 heterocycles. The van der Waals surface area contributed by atoms with Crippen molar-refractivity contribution in [2.75, 3.05) is 0 Å². The monoisotopic (exact) mass is 381 g/mol. The molecule has 0 saturated heterocycles. The first-order valence-electron chi connectivity index (χ1n) is 10.1. The van der Waals surface area contributed by atoms with Crippen LogP contribution in [0.4, 0.5) is 0 Å². The number of hydrogen-bond donors (Lipinski definition) is 1. The van der Waals surface area contributed by atoms with E-state index in [1.807, 2.05) is 61.5 Å². The first-order valence-corrected chi connectivity index (χ1v) is 10.1. The summed E-state index contributed by atoms with van der Waals surface area (Å²) in [5.41, 5.74) is 3.62. The minimum absolute atomic E-state index is 0.103. The molecule has 5 rings (SSSR count). The molecule has 1 atom stereocenters. The number of amides is 1. The minimum atomic E-state index is -0.114. The molecule has 4 aromatic rings. The molecule has 0 bridgehead atoms. The van der Waals surface area contributed by atoms with Gasteiger partial charge in [-0.1, -0.05) is 60.7 Å². The minimum Gasteiger partial charge on any atom is -0.344 e. The number of hydrogen-bond acceptors (Lipinski definition) is 2. The van der Waals surface area contributed by atoms with Gasteiger partial charge in [0, 0.05) is 5.92 Å². The van der Waals surface area contributed by atoms with E-state index in [0.29, 0.717) is 11.6 Å². The SMILES string of the molecule is CC(NC(=O)c1cc(C2CC2)nn1-c1ccccc1)c1cccc2ccccc12. The van der Waals surface area contributed by atoms with E-state index in [1.54, 1.807) is 4.68 Å². The summed E-state index contributed by atoms with van der Waals surface area (Å²) in [4.78, 5) is 13.2. The van der Waals surface area contributed by atoms with Crippen molar-refractivity contribution in [2.45, 2.75) is 31.7 Å². The molecule has 0 radical (unpaired) electrons. The summed E-state index contributed by atoms with van der Waals surface area (Å²) in [6.45, 7) is 2.03. The lowest BCUT2D eigenvalue weighted by molar-refractivity contribution is 0.0932. The zero-order valence-electron chi connectivity index (χ0n) is 16.4. The molecule has 1 unspecified atom stereocenters. The highest BCUT2D eigenvalue weighted by atomic mass is 16.2. The maximum atomic E-state index is 13.2. The summed E-state index contributed by atoms with van der Waals surface area (Å²) in [5.74, 6) is 0.385. The van der Waals surface area contributed by atoms with Crippen molar-refractivity contribution in [1.29, 1.82) is 0 Å². The zero-order chi connectivity index (χ0) is 19.8. The molecular weight excluding hydrogens is 358 g/mol. The quantitative estimate of drug-likeness (QED) is 0.503. The highest BCUT2D eigenvalue weighted by molar-refractivity contribution is 5.94. The van der Waals surface area contributed by atoms with E-state index in [2.05, 4.69) is 29.6 Å². The van der Waals surface area contributed by atoms with Crippen molar-refractivity contribution >= 4 is 16.7 Å². The van der Waals surface area contributed by atoms with Crippen molar-refractivity contribution in [3.8, 4) is 5.69 Å². The molecule has 1 fully saturated rings. The van der Waals surface area contributed by atoms with Gasteiger partial charge < -0.3 is 5.32 Å². The summed E-state index contributed by atoms with van der Waals surface area (Å²) >= 11 is 0. The summed E-state index contributed by atoms with van der Waals surface area (Å²) in [6, 6.07) is 26.2. The fraction of sp³-hybridized carbons (Fsp3) is 0.200. The van der Waals surface area contributed by atoms with Gasteiger partial charge in [-0.25, -0.2) is 4.68 Å². The molecule has 1 amide bonds. The number of carbonyl (C=O) groups excluding carboxylic acids is 1. The molecule has 144 valence electrons. The Kier molecular flexibility index (Phi) is 4.39. The maximum Gasteiger partial charge on any atom is 0.270 e. The standard InChI is InChI=1S/C25H23N3O/c1-17(21-13-7-9-18-8-5-6-12-22(18)21)26-25(29)24-16-23(19-14-15-19)27-28(24)20-10-3-2-4-11-20/h2-13,16-17,19H,14-15H2,1H3,(H,26,29). The van der Waals surface area contributed by atoms with Gasteiger partial charge in [0.1, 0.15) is 5.69 Å². The fourth-order valence-corrected chi connectivity index (χ4v) is 3.88. The topological polar surface area (TPSA) is 46.9 Å². The van der Waals surface area contributed by atoms with Crippen LogP contribution in [0.2, 0.25) is 0 Å². The van der Waals surface area contributed by atoms with E-state index in [-0.39, 0.29) is 11.9 Å². The lowest BCUT2D eigenvalue weighted by Gasteiger charge is -2.17. The molecular formula is C25H23N3O. The van der Waals surface area contributed by atoms with Gasteiger partial charge in [-0.15, -0.1) is 0 Å². The van der Waals surface area contributed by atoms with Gasteiger partial charge in [-0.2, -0.15) is 5.10 Å². The Labute approximate surface area is 170 Å².